The molecular formula is C28H24FN3O. The van der Waals surface area contributed by atoms with Crippen LogP contribution < -0.4 is 5.32 Å². The summed E-state index contributed by atoms with van der Waals surface area (Å²) >= 11 is 0. The molecule has 0 unspecified atom stereocenters. The monoisotopic (exact) mass is 437 g/mol. The molecule has 33 heavy (non-hydrogen) atoms. The lowest BCUT2D eigenvalue weighted by atomic mass is 10.0. The van der Waals surface area contributed by atoms with Gasteiger partial charge in [-0.25, -0.2) is 9.37 Å². The summed E-state index contributed by atoms with van der Waals surface area (Å²) in [7, 11) is 0. The fraction of sp³-hybridized carbons (Fsp3) is 0.143. The van der Waals surface area contributed by atoms with Crippen LogP contribution in [0.25, 0.3) is 33.2 Å². The molecule has 5 heteroatoms. The summed E-state index contributed by atoms with van der Waals surface area (Å²) in [6.45, 7) is 2.08. The molecule has 0 radical (unpaired) electrons. The first-order valence-electron chi connectivity index (χ1n) is 11.1. The largest absolute Gasteiger partial charge is 0.353 e. The highest BCUT2D eigenvalue weighted by Gasteiger charge is 2.15. The van der Waals surface area contributed by atoms with Gasteiger partial charge in [0.05, 0.1) is 16.9 Å². The molecule has 2 N–H and O–H groups in total. The molecule has 2 aromatic heterocycles. The molecular weight excluding hydrogens is 413 g/mol. The standard InChI is InChI=1S/C28H24FN3O/c1-18-9-15-25-23(17-18)22(6-4-8-27(33)30-21-13-11-20(29)12-14-21)28(32-25)26-16-10-19-5-2-3-7-24(19)31-26/h2-3,5,7,9-17,32H,4,6,8H2,1H3,(H,30,33). The van der Waals surface area contributed by atoms with Crippen LogP contribution in [0.1, 0.15) is 24.0 Å². The van der Waals surface area contributed by atoms with Crippen LogP contribution in [-0.4, -0.2) is 15.9 Å². The van der Waals surface area contributed by atoms with E-state index in [1.54, 1.807) is 12.1 Å². The van der Waals surface area contributed by atoms with Gasteiger partial charge in [0.25, 0.3) is 0 Å². The molecule has 1 amide bonds. The van der Waals surface area contributed by atoms with Crippen LogP contribution in [0.2, 0.25) is 0 Å². The molecule has 0 aliphatic carbocycles. The Hall–Kier alpha value is -3.99. The SMILES string of the molecule is Cc1ccc2[nH]c(-c3ccc4ccccc4n3)c(CCCC(=O)Nc3ccc(F)cc3)c2c1. The normalized spacial score (nSPS) is 11.2. The lowest BCUT2D eigenvalue weighted by Gasteiger charge is -2.08. The molecule has 0 saturated heterocycles. The van der Waals surface area contributed by atoms with Crippen molar-refractivity contribution in [3.05, 3.63) is 95.8 Å². The Kier molecular flexibility index (Phi) is 5.61. The number of pyridine rings is 1. The number of rotatable bonds is 6. The molecule has 0 aliphatic heterocycles. The first-order chi connectivity index (χ1) is 16.1. The maximum Gasteiger partial charge on any atom is 0.224 e. The number of carbonyl (C=O) groups excluding carboxylic acids is 1. The number of hydrogen-bond donors (Lipinski definition) is 2. The van der Waals surface area contributed by atoms with E-state index < -0.39 is 0 Å². The number of benzene rings is 3. The summed E-state index contributed by atoms with van der Waals surface area (Å²) in [4.78, 5) is 20.9. The minimum Gasteiger partial charge on any atom is -0.353 e. The maximum absolute atomic E-state index is 13.1. The average molecular weight is 438 g/mol. The van der Waals surface area contributed by atoms with E-state index in [4.69, 9.17) is 4.98 Å². The van der Waals surface area contributed by atoms with Crippen molar-refractivity contribution in [2.24, 2.45) is 0 Å². The summed E-state index contributed by atoms with van der Waals surface area (Å²) in [5, 5.41) is 5.11. The average Bonchev–Trinajstić information content (AvgIpc) is 3.18. The number of carbonyl (C=O) groups is 1. The Bertz CT molecular complexity index is 1450. The van der Waals surface area contributed by atoms with Gasteiger partial charge in [0.1, 0.15) is 5.82 Å². The number of aromatic amines is 1. The zero-order chi connectivity index (χ0) is 22.8. The molecule has 5 rings (SSSR count). The van der Waals surface area contributed by atoms with Gasteiger partial charge in [-0.1, -0.05) is 35.9 Å². The van der Waals surface area contributed by atoms with Gasteiger partial charge < -0.3 is 10.3 Å². The van der Waals surface area contributed by atoms with Crippen molar-refractivity contribution in [2.45, 2.75) is 26.2 Å². The Morgan fingerprint density at radius 1 is 1.00 bits per heavy atom. The van der Waals surface area contributed by atoms with Crippen LogP contribution in [0, 0.1) is 12.7 Å². The first-order valence-corrected chi connectivity index (χ1v) is 11.1. The van der Waals surface area contributed by atoms with Crippen molar-refractivity contribution < 1.29 is 9.18 Å². The number of nitrogens with one attached hydrogen (secondary N) is 2. The van der Waals surface area contributed by atoms with Crippen molar-refractivity contribution in [2.75, 3.05) is 5.32 Å². The second-order valence-corrected chi connectivity index (χ2v) is 8.33. The number of amides is 1. The smallest absolute Gasteiger partial charge is 0.224 e. The molecule has 5 aromatic rings. The van der Waals surface area contributed by atoms with E-state index in [0.29, 0.717) is 18.5 Å². The van der Waals surface area contributed by atoms with Crippen LogP contribution in [0.3, 0.4) is 0 Å². The number of anilines is 1. The number of hydrogen-bond acceptors (Lipinski definition) is 2. The second kappa shape index (κ2) is 8.87. The number of aromatic nitrogens is 2. The highest BCUT2D eigenvalue weighted by atomic mass is 19.1. The second-order valence-electron chi connectivity index (χ2n) is 8.33. The Labute approximate surface area is 191 Å². The van der Waals surface area contributed by atoms with Gasteiger partial charge in [-0.05, 0) is 73.9 Å². The lowest BCUT2D eigenvalue weighted by Crippen LogP contribution is -2.11. The third kappa shape index (κ3) is 4.48. The summed E-state index contributed by atoms with van der Waals surface area (Å²) < 4.78 is 13.1. The molecule has 0 atom stereocenters. The fourth-order valence-corrected chi connectivity index (χ4v) is 4.23. The number of para-hydroxylation sites is 1. The molecule has 0 fully saturated rings. The highest BCUT2D eigenvalue weighted by molar-refractivity contribution is 5.93. The van der Waals surface area contributed by atoms with Gasteiger partial charge >= 0.3 is 0 Å². The van der Waals surface area contributed by atoms with Crippen molar-refractivity contribution in [1.29, 1.82) is 0 Å². The van der Waals surface area contributed by atoms with E-state index in [-0.39, 0.29) is 11.7 Å². The van der Waals surface area contributed by atoms with Crippen LogP contribution in [0.4, 0.5) is 10.1 Å². The van der Waals surface area contributed by atoms with E-state index >= 15 is 0 Å². The number of nitrogens with zero attached hydrogens (tertiary/aromatic N) is 1. The Balaban J connectivity index is 1.40. The maximum atomic E-state index is 13.1. The zero-order valence-electron chi connectivity index (χ0n) is 18.4. The Morgan fingerprint density at radius 2 is 1.82 bits per heavy atom. The molecule has 0 saturated carbocycles. The van der Waals surface area contributed by atoms with E-state index in [1.165, 1.54) is 28.6 Å². The number of aryl methyl sites for hydroxylation is 2. The molecule has 164 valence electrons. The van der Waals surface area contributed by atoms with Crippen molar-refractivity contribution in [3.63, 3.8) is 0 Å². The quantitative estimate of drug-likeness (QED) is 0.307. The summed E-state index contributed by atoms with van der Waals surface area (Å²) in [5.41, 5.74) is 6.88. The van der Waals surface area contributed by atoms with E-state index in [1.807, 2.05) is 24.3 Å². The molecule has 2 heterocycles. The minimum atomic E-state index is -0.322. The summed E-state index contributed by atoms with van der Waals surface area (Å²) in [6.07, 6.45) is 1.80. The third-order valence-corrected chi connectivity index (χ3v) is 5.87. The van der Waals surface area contributed by atoms with Crippen molar-refractivity contribution >= 4 is 33.4 Å². The molecule has 0 bridgehead atoms. The predicted octanol–water partition coefficient (Wildman–Crippen LogP) is 6.79. The highest BCUT2D eigenvalue weighted by Crippen LogP contribution is 2.32. The van der Waals surface area contributed by atoms with E-state index in [0.717, 1.165) is 34.2 Å². The van der Waals surface area contributed by atoms with E-state index in [2.05, 4.69) is 47.6 Å². The number of halogens is 1. The van der Waals surface area contributed by atoms with Crippen LogP contribution in [0.15, 0.2) is 78.9 Å². The predicted molar refractivity (Wildman–Crippen MR) is 132 cm³/mol. The van der Waals surface area contributed by atoms with Gasteiger partial charge in [-0.2, -0.15) is 0 Å². The molecule has 3 aromatic carbocycles. The summed E-state index contributed by atoms with van der Waals surface area (Å²) in [6, 6.07) is 24.4. The van der Waals surface area contributed by atoms with Gasteiger partial charge in [0.2, 0.25) is 5.91 Å². The van der Waals surface area contributed by atoms with Crippen molar-refractivity contribution in [1.82, 2.24) is 9.97 Å². The zero-order valence-corrected chi connectivity index (χ0v) is 18.4. The molecule has 0 aliphatic rings. The topological polar surface area (TPSA) is 57.8 Å². The van der Waals surface area contributed by atoms with Gasteiger partial charge in [-0.15, -0.1) is 0 Å². The molecule has 0 spiro atoms. The van der Waals surface area contributed by atoms with E-state index in [9.17, 15) is 9.18 Å². The van der Waals surface area contributed by atoms with Crippen LogP contribution in [-0.2, 0) is 11.2 Å². The first kappa shape index (κ1) is 20.9. The fourth-order valence-electron chi connectivity index (χ4n) is 4.23. The van der Waals surface area contributed by atoms with Crippen LogP contribution >= 0.6 is 0 Å². The van der Waals surface area contributed by atoms with Crippen molar-refractivity contribution in [3.8, 4) is 11.4 Å². The summed E-state index contributed by atoms with van der Waals surface area (Å²) in [5.74, 6) is -0.402. The number of H-pyrrole nitrogens is 1. The Morgan fingerprint density at radius 3 is 2.67 bits per heavy atom. The van der Waals surface area contributed by atoms with Crippen LogP contribution in [0.5, 0.6) is 0 Å². The van der Waals surface area contributed by atoms with Gasteiger partial charge in [0.15, 0.2) is 0 Å². The third-order valence-electron chi connectivity index (χ3n) is 5.87. The molecule has 4 nitrogen and oxygen atoms in total. The minimum absolute atomic E-state index is 0.0805. The number of fused-ring (bicyclic) bond motifs is 2. The van der Waals surface area contributed by atoms with Gasteiger partial charge in [0, 0.05) is 28.4 Å². The van der Waals surface area contributed by atoms with Gasteiger partial charge in [-0.3, -0.25) is 4.79 Å². The lowest BCUT2D eigenvalue weighted by molar-refractivity contribution is -0.116.